The Morgan fingerprint density at radius 2 is 2.06 bits per heavy atom. The molecule has 1 N–H and O–H groups in total. The van der Waals surface area contributed by atoms with E-state index in [2.05, 4.69) is 29.1 Å². The summed E-state index contributed by atoms with van der Waals surface area (Å²) < 4.78 is 0. The summed E-state index contributed by atoms with van der Waals surface area (Å²) in [5.41, 5.74) is 2.09. The number of nitrogens with zero attached hydrogens (tertiary/aromatic N) is 2. The average molecular weight is 262 g/mol. The van der Waals surface area contributed by atoms with Crippen molar-refractivity contribution in [2.24, 2.45) is 0 Å². The molecule has 1 aromatic heterocycles. The number of halogens is 1. The standard InChI is InChI=1S/C14H16ClN3/c1-3-11-8-14(17-9-16-11)18-10(2)12-6-4-5-7-13(12)15/h4-10H,3H2,1-2H3,(H,16,17,18). The van der Waals surface area contributed by atoms with E-state index in [-0.39, 0.29) is 6.04 Å². The Morgan fingerprint density at radius 1 is 1.28 bits per heavy atom. The van der Waals surface area contributed by atoms with Crippen molar-refractivity contribution >= 4 is 17.4 Å². The van der Waals surface area contributed by atoms with Gasteiger partial charge in [-0.1, -0.05) is 36.7 Å². The first-order valence-corrected chi connectivity index (χ1v) is 6.40. The highest BCUT2D eigenvalue weighted by Crippen LogP contribution is 2.24. The molecule has 0 radical (unpaired) electrons. The van der Waals surface area contributed by atoms with Crippen LogP contribution in [-0.2, 0) is 6.42 Å². The molecule has 0 fully saturated rings. The first-order valence-electron chi connectivity index (χ1n) is 6.02. The van der Waals surface area contributed by atoms with Crippen molar-refractivity contribution < 1.29 is 0 Å². The molecule has 1 aromatic carbocycles. The lowest BCUT2D eigenvalue weighted by Crippen LogP contribution is -2.09. The van der Waals surface area contributed by atoms with Crippen LogP contribution in [0, 0.1) is 0 Å². The van der Waals surface area contributed by atoms with E-state index >= 15 is 0 Å². The number of rotatable bonds is 4. The minimum Gasteiger partial charge on any atom is -0.363 e. The van der Waals surface area contributed by atoms with Gasteiger partial charge in [-0.3, -0.25) is 0 Å². The van der Waals surface area contributed by atoms with Gasteiger partial charge in [0.1, 0.15) is 12.1 Å². The molecule has 3 nitrogen and oxygen atoms in total. The van der Waals surface area contributed by atoms with E-state index in [1.807, 2.05) is 30.3 Å². The minimum atomic E-state index is 0.110. The van der Waals surface area contributed by atoms with Crippen LogP contribution in [-0.4, -0.2) is 9.97 Å². The lowest BCUT2D eigenvalue weighted by Gasteiger charge is -2.16. The molecule has 0 bridgehead atoms. The zero-order valence-corrected chi connectivity index (χ0v) is 11.3. The second kappa shape index (κ2) is 5.83. The van der Waals surface area contributed by atoms with E-state index in [4.69, 9.17) is 11.6 Å². The van der Waals surface area contributed by atoms with Crippen LogP contribution >= 0.6 is 11.6 Å². The van der Waals surface area contributed by atoms with Gasteiger partial charge >= 0.3 is 0 Å². The van der Waals surface area contributed by atoms with Gasteiger partial charge in [0, 0.05) is 16.8 Å². The maximum Gasteiger partial charge on any atom is 0.130 e. The summed E-state index contributed by atoms with van der Waals surface area (Å²) in [5, 5.41) is 4.10. The first-order chi connectivity index (χ1) is 8.70. The van der Waals surface area contributed by atoms with E-state index in [1.54, 1.807) is 6.33 Å². The number of hydrogen-bond donors (Lipinski definition) is 1. The van der Waals surface area contributed by atoms with Gasteiger partial charge in [-0.15, -0.1) is 0 Å². The number of nitrogens with one attached hydrogen (secondary N) is 1. The molecule has 2 rings (SSSR count). The third-order valence-electron chi connectivity index (χ3n) is 2.82. The maximum atomic E-state index is 6.17. The number of anilines is 1. The molecule has 18 heavy (non-hydrogen) atoms. The third-order valence-corrected chi connectivity index (χ3v) is 3.17. The fraction of sp³-hybridized carbons (Fsp3) is 0.286. The molecule has 0 amide bonds. The van der Waals surface area contributed by atoms with Crippen LogP contribution in [0.5, 0.6) is 0 Å². The molecule has 0 spiro atoms. The maximum absolute atomic E-state index is 6.17. The molecule has 4 heteroatoms. The van der Waals surface area contributed by atoms with Gasteiger partial charge < -0.3 is 5.32 Å². The Hall–Kier alpha value is -1.61. The monoisotopic (exact) mass is 261 g/mol. The van der Waals surface area contributed by atoms with Gasteiger partial charge in [-0.2, -0.15) is 0 Å². The van der Waals surface area contributed by atoms with Crippen LogP contribution in [0.2, 0.25) is 5.02 Å². The fourth-order valence-corrected chi connectivity index (χ4v) is 2.10. The SMILES string of the molecule is CCc1cc(NC(C)c2ccccc2Cl)ncn1. The molecule has 0 aliphatic carbocycles. The van der Waals surface area contributed by atoms with Crippen LogP contribution in [0.25, 0.3) is 0 Å². The molecular weight excluding hydrogens is 246 g/mol. The van der Waals surface area contributed by atoms with Crippen molar-refractivity contribution in [3.63, 3.8) is 0 Å². The Morgan fingerprint density at radius 3 is 2.78 bits per heavy atom. The van der Waals surface area contributed by atoms with Gasteiger partial charge in [0.05, 0.1) is 6.04 Å². The zero-order valence-electron chi connectivity index (χ0n) is 10.5. The van der Waals surface area contributed by atoms with Crippen molar-refractivity contribution in [1.29, 1.82) is 0 Å². The smallest absolute Gasteiger partial charge is 0.130 e. The number of hydrogen-bond acceptors (Lipinski definition) is 3. The third kappa shape index (κ3) is 2.99. The molecule has 1 atom stereocenters. The van der Waals surface area contributed by atoms with Crippen molar-refractivity contribution in [2.45, 2.75) is 26.3 Å². The minimum absolute atomic E-state index is 0.110. The molecule has 1 heterocycles. The molecule has 0 aliphatic heterocycles. The van der Waals surface area contributed by atoms with Crippen molar-refractivity contribution in [1.82, 2.24) is 9.97 Å². The first kappa shape index (κ1) is 12.8. The number of benzene rings is 1. The van der Waals surface area contributed by atoms with Crippen LogP contribution in [0.1, 0.15) is 31.1 Å². The quantitative estimate of drug-likeness (QED) is 0.908. The Bertz CT molecular complexity index is 528. The predicted molar refractivity (Wildman–Crippen MR) is 74.9 cm³/mol. The topological polar surface area (TPSA) is 37.8 Å². The zero-order chi connectivity index (χ0) is 13.0. The van der Waals surface area contributed by atoms with Crippen molar-refractivity contribution in [3.05, 3.63) is 52.9 Å². The summed E-state index contributed by atoms with van der Waals surface area (Å²) in [5.74, 6) is 0.828. The van der Waals surface area contributed by atoms with Gasteiger partial charge in [-0.05, 0) is 25.0 Å². The van der Waals surface area contributed by atoms with Crippen LogP contribution in [0.3, 0.4) is 0 Å². The van der Waals surface area contributed by atoms with Gasteiger partial charge in [0.25, 0.3) is 0 Å². The van der Waals surface area contributed by atoms with Crippen molar-refractivity contribution in [3.8, 4) is 0 Å². The van der Waals surface area contributed by atoms with E-state index in [0.717, 1.165) is 28.5 Å². The summed E-state index contributed by atoms with van der Waals surface area (Å²) in [7, 11) is 0. The molecule has 1 unspecified atom stereocenters. The lowest BCUT2D eigenvalue weighted by atomic mass is 10.1. The second-order valence-corrected chi connectivity index (χ2v) is 4.54. The number of aryl methyl sites for hydroxylation is 1. The van der Waals surface area contributed by atoms with E-state index in [1.165, 1.54) is 0 Å². The molecule has 2 aromatic rings. The Kier molecular flexibility index (Phi) is 4.15. The van der Waals surface area contributed by atoms with Crippen molar-refractivity contribution in [2.75, 3.05) is 5.32 Å². The predicted octanol–water partition coefficient (Wildman–Crippen LogP) is 3.87. The van der Waals surface area contributed by atoms with Crippen LogP contribution in [0.4, 0.5) is 5.82 Å². The summed E-state index contributed by atoms with van der Waals surface area (Å²) >= 11 is 6.17. The highest BCUT2D eigenvalue weighted by atomic mass is 35.5. The molecule has 94 valence electrons. The normalized spacial score (nSPS) is 12.2. The second-order valence-electron chi connectivity index (χ2n) is 4.14. The number of aromatic nitrogens is 2. The van der Waals surface area contributed by atoms with E-state index < -0.39 is 0 Å². The molecule has 0 aliphatic rings. The Balaban J connectivity index is 2.16. The molecule has 0 saturated heterocycles. The highest BCUT2D eigenvalue weighted by Gasteiger charge is 2.09. The average Bonchev–Trinajstić information content (AvgIpc) is 2.39. The van der Waals surface area contributed by atoms with Gasteiger partial charge in [-0.25, -0.2) is 9.97 Å². The summed E-state index contributed by atoms with van der Waals surface area (Å²) in [6, 6.07) is 9.90. The van der Waals surface area contributed by atoms with E-state index in [9.17, 15) is 0 Å². The molecular formula is C14H16ClN3. The lowest BCUT2D eigenvalue weighted by molar-refractivity contribution is 0.867. The van der Waals surface area contributed by atoms with Crippen LogP contribution in [0.15, 0.2) is 36.7 Å². The van der Waals surface area contributed by atoms with Gasteiger partial charge in [0.15, 0.2) is 0 Å². The molecule has 0 saturated carbocycles. The highest BCUT2D eigenvalue weighted by molar-refractivity contribution is 6.31. The summed E-state index contributed by atoms with van der Waals surface area (Å²) in [6.45, 7) is 4.14. The van der Waals surface area contributed by atoms with Crippen LogP contribution < -0.4 is 5.32 Å². The largest absolute Gasteiger partial charge is 0.363 e. The van der Waals surface area contributed by atoms with Gasteiger partial charge in [0.2, 0.25) is 0 Å². The fourth-order valence-electron chi connectivity index (χ4n) is 1.80. The summed E-state index contributed by atoms with van der Waals surface area (Å²) in [4.78, 5) is 8.40. The summed E-state index contributed by atoms with van der Waals surface area (Å²) in [6.07, 6.45) is 2.48. The van der Waals surface area contributed by atoms with E-state index in [0.29, 0.717) is 0 Å². The Labute approximate surface area is 112 Å².